The molecule has 5 nitrogen and oxygen atoms in total. The Morgan fingerprint density at radius 2 is 1.94 bits per heavy atom. The highest BCUT2D eigenvalue weighted by atomic mass is 79.9. The van der Waals surface area contributed by atoms with Gasteiger partial charge < -0.3 is 5.32 Å². The van der Waals surface area contributed by atoms with E-state index in [1.807, 2.05) is 0 Å². The van der Waals surface area contributed by atoms with Crippen LogP contribution in [0.15, 0.2) is 16.6 Å². The highest BCUT2D eigenvalue weighted by molar-refractivity contribution is 9.10. The molecular formula is C8H3BrF4N2O3. The highest BCUT2D eigenvalue weighted by Gasteiger charge is 2.39. The second-order valence-electron chi connectivity index (χ2n) is 2.99. The highest BCUT2D eigenvalue weighted by Crippen LogP contribution is 2.31. The van der Waals surface area contributed by atoms with Crippen molar-refractivity contribution in [3.63, 3.8) is 0 Å². The number of rotatable bonds is 2. The summed E-state index contributed by atoms with van der Waals surface area (Å²) in [4.78, 5) is 19.9. The van der Waals surface area contributed by atoms with Crippen molar-refractivity contribution in [3.8, 4) is 0 Å². The summed E-state index contributed by atoms with van der Waals surface area (Å²) in [5, 5.41) is 11.7. The molecule has 1 amide bonds. The van der Waals surface area contributed by atoms with Gasteiger partial charge in [0.05, 0.1) is 10.6 Å². The van der Waals surface area contributed by atoms with Crippen LogP contribution in [0.1, 0.15) is 0 Å². The van der Waals surface area contributed by atoms with Gasteiger partial charge in [-0.25, -0.2) is 0 Å². The molecule has 0 aromatic heterocycles. The number of carbonyl (C=O) groups excluding carboxylic acids is 1. The van der Waals surface area contributed by atoms with Gasteiger partial charge in [-0.3, -0.25) is 14.9 Å². The lowest BCUT2D eigenvalue weighted by molar-refractivity contribution is -0.387. The minimum atomic E-state index is -5.14. The largest absolute Gasteiger partial charge is 0.471 e. The van der Waals surface area contributed by atoms with E-state index in [9.17, 15) is 32.5 Å². The second-order valence-corrected chi connectivity index (χ2v) is 3.85. The van der Waals surface area contributed by atoms with E-state index >= 15 is 0 Å². The normalized spacial score (nSPS) is 11.2. The van der Waals surface area contributed by atoms with Gasteiger partial charge in [0.1, 0.15) is 0 Å². The van der Waals surface area contributed by atoms with E-state index in [1.165, 1.54) is 5.32 Å². The van der Waals surface area contributed by atoms with E-state index in [2.05, 4.69) is 15.9 Å². The maximum Gasteiger partial charge on any atom is 0.471 e. The minimum Gasteiger partial charge on any atom is -0.317 e. The van der Waals surface area contributed by atoms with Crippen molar-refractivity contribution >= 4 is 33.2 Å². The van der Waals surface area contributed by atoms with Crippen LogP contribution in [0.3, 0.4) is 0 Å². The monoisotopic (exact) mass is 330 g/mol. The maximum absolute atomic E-state index is 13.1. The van der Waals surface area contributed by atoms with Crippen LogP contribution in [-0.2, 0) is 4.79 Å². The van der Waals surface area contributed by atoms with Crippen molar-refractivity contribution in [2.24, 2.45) is 0 Å². The van der Waals surface area contributed by atoms with Gasteiger partial charge >= 0.3 is 17.8 Å². The van der Waals surface area contributed by atoms with E-state index in [0.717, 1.165) is 0 Å². The molecule has 0 saturated carbocycles. The molecule has 0 bridgehead atoms. The molecule has 1 aromatic rings. The number of halogens is 5. The third-order valence-electron chi connectivity index (χ3n) is 1.74. The minimum absolute atomic E-state index is 0.242. The Bertz CT molecular complexity index is 518. The van der Waals surface area contributed by atoms with E-state index in [0.29, 0.717) is 12.1 Å². The van der Waals surface area contributed by atoms with Gasteiger partial charge in [-0.1, -0.05) is 0 Å². The van der Waals surface area contributed by atoms with Crippen LogP contribution >= 0.6 is 15.9 Å². The lowest BCUT2D eigenvalue weighted by Gasteiger charge is -2.09. The number of amides is 1. The number of nitro groups is 1. The summed E-state index contributed by atoms with van der Waals surface area (Å²) in [5.41, 5.74) is -1.48. The number of nitrogens with zero attached hydrogens (tertiary/aromatic N) is 1. The molecule has 0 aliphatic heterocycles. The molecule has 0 aliphatic rings. The third-order valence-corrected chi connectivity index (χ3v) is 2.39. The van der Waals surface area contributed by atoms with Crippen LogP contribution in [0.5, 0.6) is 0 Å². The summed E-state index contributed by atoms with van der Waals surface area (Å²) in [6.07, 6.45) is -5.14. The molecule has 18 heavy (non-hydrogen) atoms. The summed E-state index contributed by atoms with van der Waals surface area (Å²) in [6.45, 7) is 0. The molecule has 0 unspecified atom stereocenters. The van der Waals surface area contributed by atoms with Crippen molar-refractivity contribution in [1.29, 1.82) is 0 Å². The molecule has 10 heteroatoms. The van der Waals surface area contributed by atoms with Crippen molar-refractivity contribution in [2.45, 2.75) is 6.18 Å². The van der Waals surface area contributed by atoms with Gasteiger partial charge in [0.2, 0.25) is 5.82 Å². The van der Waals surface area contributed by atoms with Crippen LogP contribution in [0.4, 0.5) is 28.9 Å². The van der Waals surface area contributed by atoms with Crippen LogP contribution in [-0.4, -0.2) is 17.0 Å². The molecule has 0 aliphatic carbocycles. The zero-order valence-corrected chi connectivity index (χ0v) is 9.80. The standard InChI is InChI=1S/C8H3BrF4N2O3/c9-3-1-6(15(17)18)4(10)2-5(3)14-7(16)8(11,12)13/h1-2H,(H,14,16). The first-order chi connectivity index (χ1) is 8.12. The van der Waals surface area contributed by atoms with Crippen molar-refractivity contribution in [2.75, 3.05) is 5.32 Å². The lowest BCUT2D eigenvalue weighted by Crippen LogP contribution is -2.30. The number of carbonyl (C=O) groups is 1. The average molecular weight is 331 g/mol. The van der Waals surface area contributed by atoms with Gasteiger partial charge in [0.15, 0.2) is 0 Å². The fourth-order valence-electron chi connectivity index (χ4n) is 0.965. The molecule has 1 rings (SSSR count). The Morgan fingerprint density at radius 3 is 2.39 bits per heavy atom. The van der Waals surface area contributed by atoms with Gasteiger partial charge in [-0.15, -0.1) is 0 Å². The average Bonchev–Trinajstić information content (AvgIpc) is 2.21. The van der Waals surface area contributed by atoms with E-state index in [1.54, 1.807) is 0 Å². The predicted octanol–water partition coefficient (Wildman–Crippen LogP) is 3.00. The third kappa shape index (κ3) is 3.15. The Morgan fingerprint density at radius 1 is 1.39 bits per heavy atom. The number of anilines is 1. The second kappa shape index (κ2) is 4.88. The first-order valence-corrected chi connectivity index (χ1v) is 4.94. The molecule has 1 N–H and O–H groups in total. The number of alkyl halides is 3. The number of nitrogens with one attached hydrogen (secondary N) is 1. The molecule has 98 valence electrons. The first kappa shape index (κ1) is 14.4. The fourth-order valence-corrected chi connectivity index (χ4v) is 1.40. The fraction of sp³-hybridized carbons (Fsp3) is 0.125. The Hall–Kier alpha value is -1.71. The van der Waals surface area contributed by atoms with Crippen LogP contribution in [0, 0.1) is 15.9 Å². The molecule has 0 spiro atoms. The van der Waals surface area contributed by atoms with Crippen LogP contribution in [0.2, 0.25) is 0 Å². The topological polar surface area (TPSA) is 72.2 Å². The van der Waals surface area contributed by atoms with E-state index in [-0.39, 0.29) is 4.47 Å². The quantitative estimate of drug-likeness (QED) is 0.514. The summed E-state index contributed by atoms with van der Waals surface area (Å²) < 4.78 is 48.7. The maximum atomic E-state index is 13.1. The zero-order chi connectivity index (χ0) is 14.1. The van der Waals surface area contributed by atoms with Crippen molar-refractivity contribution < 1.29 is 27.3 Å². The molecule has 0 fully saturated rings. The first-order valence-electron chi connectivity index (χ1n) is 4.14. The van der Waals surface area contributed by atoms with Crippen LogP contribution in [0.25, 0.3) is 0 Å². The zero-order valence-electron chi connectivity index (χ0n) is 8.22. The van der Waals surface area contributed by atoms with Crippen molar-refractivity contribution in [3.05, 3.63) is 32.5 Å². The smallest absolute Gasteiger partial charge is 0.317 e. The number of hydrogen-bond acceptors (Lipinski definition) is 3. The Labute approximate surface area is 105 Å². The Kier molecular flexibility index (Phi) is 3.89. The molecule has 0 saturated heterocycles. The van der Waals surface area contributed by atoms with Gasteiger partial charge in [0, 0.05) is 16.6 Å². The molecule has 1 aromatic carbocycles. The molecule has 0 radical (unpaired) electrons. The van der Waals surface area contributed by atoms with Crippen molar-refractivity contribution in [1.82, 2.24) is 0 Å². The Balaban J connectivity index is 3.10. The van der Waals surface area contributed by atoms with E-state index in [4.69, 9.17) is 0 Å². The van der Waals surface area contributed by atoms with Crippen LogP contribution < -0.4 is 5.32 Å². The molecule has 0 atom stereocenters. The van der Waals surface area contributed by atoms with E-state index < -0.39 is 34.2 Å². The van der Waals surface area contributed by atoms with Gasteiger partial charge in [-0.05, 0) is 15.9 Å². The predicted molar refractivity (Wildman–Crippen MR) is 55.4 cm³/mol. The van der Waals surface area contributed by atoms with Gasteiger partial charge in [-0.2, -0.15) is 17.6 Å². The summed E-state index contributed by atoms with van der Waals surface area (Å²) >= 11 is 2.69. The molecular weight excluding hydrogens is 328 g/mol. The SMILES string of the molecule is O=C(Nc1cc(F)c([N+](=O)[O-])cc1Br)C(F)(F)F. The number of nitro benzene ring substituents is 1. The summed E-state index contributed by atoms with van der Waals surface area (Å²) in [7, 11) is 0. The number of benzene rings is 1. The summed E-state index contributed by atoms with van der Waals surface area (Å²) in [6, 6.07) is 1.08. The van der Waals surface area contributed by atoms with Gasteiger partial charge in [0.25, 0.3) is 0 Å². The summed E-state index contributed by atoms with van der Waals surface area (Å²) in [5.74, 6) is -3.67. The molecule has 0 heterocycles. The lowest BCUT2D eigenvalue weighted by atomic mass is 10.2. The number of hydrogen-bond donors (Lipinski definition) is 1.